The Labute approximate surface area is 202 Å². The number of carbonyl (C=O) groups excluding carboxylic acids is 1. The molecule has 4 rings (SSSR count). The first kappa shape index (κ1) is 24.2. The Morgan fingerprint density at radius 3 is 2.60 bits per heavy atom. The highest BCUT2D eigenvalue weighted by atomic mass is 32.2. The van der Waals surface area contributed by atoms with Gasteiger partial charge in [0, 0.05) is 12.2 Å². The molecule has 0 bridgehead atoms. The van der Waals surface area contributed by atoms with E-state index in [4.69, 9.17) is 4.74 Å². The van der Waals surface area contributed by atoms with Gasteiger partial charge < -0.3 is 10.1 Å². The number of nitrogens with zero attached hydrogens (tertiary/aromatic N) is 3. The second-order valence-electron chi connectivity index (χ2n) is 8.69. The predicted octanol–water partition coefficient (Wildman–Crippen LogP) is 2.62. The minimum absolute atomic E-state index is 0.0211. The predicted molar refractivity (Wildman–Crippen MR) is 131 cm³/mol. The van der Waals surface area contributed by atoms with Crippen molar-refractivity contribution in [1.29, 1.82) is 5.26 Å². The highest BCUT2D eigenvalue weighted by Gasteiger charge is 2.30. The standard InChI is InChI=1S/C25H24N4O5S/c1-15-9-16(2)11-20(10-15)34-24-21(25(31)29-7-4-5-17(3)22(29)28-24)12-18(13-26)23(30)27-19-6-8-35(32,33)14-19/h4-5,7,9-12,19H,6,8,14H2,1-3H3,(H,27,30)/b18-12-/t19-/m1/s1. The molecule has 1 amide bonds. The van der Waals surface area contributed by atoms with Crippen molar-refractivity contribution >= 4 is 27.5 Å². The fraction of sp³-hybridized carbons (Fsp3) is 0.280. The van der Waals surface area contributed by atoms with Gasteiger partial charge in [0.15, 0.2) is 9.84 Å². The number of hydrogen-bond donors (Lipinski definition) is 1. The van der Waals surface area contributed by atoms with E-state index < -0.39 is 27.3 Å². The fourth-order valence-electron chi connectivity index (χ4n) is 4.06. The van der Waals surface area contributed by atoms with Gasteiger partial charge in [0.25, 0.3) is 11.5 Å². The van der Waals surface area contributed by atoms with E-state index in [1.165, 1.54) is 4.40 Å². The fourth-order valence-corrected chi connectivity index (χ4v) is 5.74. The molecule has 0 unspecified atom stereocenters. The van der Waals surface area contributed by atoms with Crippen molar-refractivity contribution in [1.82, 2.24) is 14.7 Å². The van der Waals surface area contributed by atoms with Crippen LogP contribution >= 0.6 is 0 Å². The van der Waals surface area contributed by atoms with Crippen LogP contribution in [-0.2, 0) is 14.6 Å². The van der Waals surface area contributed by atoms with Crippen molar-refractivity contribution in [2.45, 2.75) is 33.2 Å². The first-order valence-electron chi connectivity index (χ1n) is 11.0. The summed E-state index contributed by atoms with van der Waals surface area (Å²) in [6.07, 6.45) is 2.96. The third-order valence-electron chi connectivity index (χ3n) is 5.68. The quantitative estimate of drug-likeness (QED) is 0.428. The molecular weight excluding hydrogens is 468 g/mol. The summed E-state index contributed by atoms with van der Waals surface area (Å²) in [6.45, 7) is 5.63. The highest BCUT2D eigenvalue weighted by Crippen LogP contribution is 2.26. The van der Waals surface area contributed by atoms with Crippen LogP contribution in [0.2, 0.25) is 0 Å². The largest absolute Gasteiger partial charge is 0.438 e. The number of benzene rings is 1. The lowest BCUT2D eigenvalue weighted by molar-refractivity contribution is -0.117. The van der Waals surface area contributed by atoms with Crippen molar-refractivity contribution in [3.8, 4) is 17.7 Å². The number of pyridine rings is 1. The molecule has 1 saturated heterocycles. The molecule has 0 spiro atoms. The van der Waals surface area contributed by atoms with Gasteiger partial charge in [-0.3, -0.25) is 14.0 Å². The van der Waals surface area contributed by atoms with Crippen molar-refractivity contribution in [2.24, 2.45) is 0 Å². The van der Waals surface area contributed by atoms with Crippen molar-refractivity contribution < 1.29 is 17.9 Å². The molecule has 9 nitrogen and oxygen atoms in total. The topological polar surface area (TPSA) is 131 Å². The van der Waals surface area contributed by atoms with Crippen LogP contribution in [0, 0.1) is 32.1 Å². The number of fused-ring (bicyclic) bond motifs is 1. The zero-order chi connectivity index (χ0) is 25.3. The molecule has 3 heterocycles. The maximum Gasteiger partial charge on any atom is 0.269 e. The number of nitrogens with one attached hydrogen (secondary N) is 1. The number of aryl methyl sites for hydroxylation is 3. The Bertz CT molecular complexity index is 1560. The van der Waals surface area contributed by atoms with Gasteiger partial charge in [-0.05, 0) is 68.2 Å². The molecule has 3 aromatic rings. The summed E-state index contributed by atoms with van der Waals surface area (Å²) in [5.74, 6) is -0.551. The number of sulfone groups is 1. The summed E-state index contributed by atoms with van der Waals surface area (Å²) < 4.78 is 30.8. The normalized spacial score (nSPS) is 17.2. The second-order valence-corrected chi connectivity index (χ2v) is 10.9. The molecular formula is C25H24N4O5S. The smallest absolute Gasteiger partial charge is 0.269 e. The van der Waals surface area contributed by atoms with E-state index in [0.29, 0.717) is 11.4 Å². The van der Waals surface area contributed by atoms with Crippen LogP contribution < -0.4 is 15.6 Å². The number of nitriles is 1. The first-order valence-corrected chi connectivity index (χ1v) is 12.8. The molecule has 1 aliphatic rings. The maximum atomic E-state index is 13.4. The average Bonchev–Trinajstić information content (AvgIpc) is 3.11. The molecule has 2 aromatic heterocycles. The van der Waals surface area contributed by atoms with Gasteiger partial charge in [0.1, 0.15) is 28.6 Å². The van der Waals surface area contributed by atoms with Crippen molar-refractivity contribution in [3.63, 3.8) is 0 Å². The van der Waals surface area contributed by atoms with Gasteiger partial charge in [-0.1, -0.05) is 12.1 Å². The SMILES string of the molecule is Cc1cc(C)cc(Oc2nc3c(C)cccn3c(=O)c2/C=C(/C#N)C(=O)N[C@@H]2CCS(=O)(=O)C2)c1. The number of rotatable bonds is 5. The van der Waals surface area contributed by atoms with Crippen LogP contribution in [0.4, 0.5) is 0 Å². The van der Waals surface area contributed by atoms with E-state index in [2.05, 4.69) is 10.3 Å². The zero-order valence-corrected chi connectivity index (χ0v) is 20.3. The highest BCUT2D eigenvalue weighted by molar-refractivity contribution is 7.91. The molecule has 10 heteroatoms. The molecule has 35 heavy (non-hydrogen) atoms. The van der Waals surface area contributed by atoms with E-state index in [9.17, 15) is 23.3 Å². The molecule has 0 aliphatic carbocycles. The van der Waals surface area contributed by atoms with Gasteiger partial charge >= 0.3 is 0 Å². The lowest BCUT2D eigenvalue weighted by Crippen LogP contribution is -2.36. The summed E-state index contributed by atoms with van der Waals surface area (Å²) in [5.41, 5.74) is 2.09. The van der Waals surface area contributed by atoms with Gasteiger partial charge in [-0.25, -0.2) is 8.42 Å². The van der Waals surface area contributed by atoms with E-state index in [-0.39, 0.29) is 34.9 Å². The van der Waals surface area contributed by atoms with Gasteiger partial charge in [0.05, 0.1) is 11.5 Å². The Morgan fingerprint density at radius 2 is 1.97 bits per heavy atom. The summed E-state index contributed by atoms with van der Waals surface area (Å²) in [7, 11) is -3.22. The monoisotopic (exact) mass is 492 g/mol. The van der Waals surface area contributed by atoms with E-state index in [1.54, 1.807) is 24.4 Å². The number of hydrogen-bond acceptors (Lipinski definition) is 7. The van der Waals surface area contributed by atoms with Crippen LogP contribution in [0.3, 0.4) is 0 Å². The molecule has 1 aromatic carbocycles. The first-order chi connectivity index (χ1) is 16.6. The average molecular weight is 493 g/mol. The lowest BCUT2D eigenvalue weighted by atomic mass is 10.1. The van der Waals surface area contributed by atoms with Gasteiger partial charge in [-0.15, -0.1) is 0 Å². The molecule has 1 atom stereocenters. The zero-order valence-electron chi connectivity index (χ0n) is 19.5. The summed E-state index contributed by atoms with van der Waals surface area (Å²) in [6, 6.07) is 10.3. The Kier molecular flexibility index (Phi) is 6.45. The van der Waals surface area contributed by atoms with Crippen LogP contribution in [0.5, 0.6) is 11.6 Å². The third kappa shape index (κ3) is 5.25. The molecule has 1 aliphatic heterocycles. The number of amides is 1. The molecule has 0 radical (unpaired) electrons. The Balaban J connectivity index is 1.81. The van der Waals surface area contributed by atoms with Crippen LogP contribution in [0.1, 0.15) is 28.7 Å². The van der Waals surface area contributed by atoms with E-state index in [0.717, 1.165) is 22.8 Å². The summed E-state index contributed by atoms with van der Waals surface area (Å²) in [4.78, 5) is 30.7. The van der Waals surface area contributed by atoms with Crippen molar-refractivity contribution in [3.05, 3.63) is 74.7 Å². The molecule has 180 valence electrons. The molecule has 0 saturated carbocycles. The Hall–Kier alpha value is -3.97. The van der Waals surface area contributed by atoms with E-state index >= 15 is 0 Å². The third-order valence-corrected chi connectivity index (χ3v) is 7.45. The number of ether oxygens (including phenoxy) is 1. The summed E-state index contributed by atoms with van der Waals surface area (Å²) >= 11 is 0. The van der Waals surface area contributed by atoms with Gasteiger partial charge in [0.2, 0.25) is 5.88 Å². The van der Waals surface area contributed by atoms with Crippen LogP contribution in [0.25, 0.3) is 11.7 Å². The Morgan fingerprint density at radius 1 is 1.26 bits per heavy atom. The number of carbonyl (C=O) groups is 1. The maximum absolute atomic E-state index is 13.4. The number of aromatic nitrogens is 2. The van der Waals surface area contributed by atoms with Crippen LogP contribution in [-0.4, -0.2) is 41.3 Å². The van der Waals surface area contributed by atoms with Crippen LogP contribution in [0.15, 0.2) is 46.9 Å². The lowest BCUT2D eigenvalue weighted by Gasteiger charge is -2.13. The minimum atomic E-state index is -3.22. The molecule has 1 N–H and O–H groups in total. The van der Waals surface area contributed by atoms with Gasteiger partial charge in [-0.2, -0.15) is 10.2 Å². The summed E-state index contributed by atoms with van der Waals surface area (Å²) in [5, 5.41) is 12.2. The minimum Gasteiger partial charge on any atom is -0.438 e. The van der Waals surface area contributed by atoms with E-state index in [1.807, 2.05) is 39.0 Å². The second kappa shape index (κ2) is 9.35. The van der Waals surface area contributed by atoms with Crippen molar-refractivity contribution in [2.75, 3.05) is 11.5 Å². The molecule has 1 fully saturated rings.